The number of hydrogen-bond acceptors (Lipinski definition) is 5. The van der Waals surface area contributed by atoms with Gasteiger partial charge < -0.3 is 15.2 Å². The van der Waals surface area contributed by atoms with Crippen molar-refractivity contribution in [1.29, 1.82) is 0 Å². The number of nitrogens with zero attached hydrogens (tertiary/aromatic N) is 3. The van der Waals surface area contributed by atoms with Gasteiger partial charge in [0.2, 0.25) is 5.95 Å². The molecule has 2 aromatic heterocycles. The fourth-order valence-corrected chi connectivity index (χ4v) is 3.85. The Hall–Kier alpha value is -1.99. The van der Waals surface area contributed by atoms with Gasteiger partial charge in [0.15, 0.2) is 5.82 Å². The highest BCUT2D eigenvalue weighted by Crippen LogP contribution is 2.35. The summed E-state index contributed by atoms with van der Waals surface area (Å²) >= 11 is 6.24. The standard InChI is InChI=1S/C16H17ClFN5O/c17-13-15(23-6-3-9-1-4-19-8-11(9)23)21-14(22-16(13)24)10-2-5-20-12(18)7-10/h2,5,7,9,11,19H,1,3-4,6,8H2,(H,21,22,24). The third kappa shape index (κ3) is 2.67. The minimum absolute atomic E-state index is 0.0829. The number of aromatic amines is 1. The molecule has 0 amide bonds. The van der Waals surface area contributed by atoms with Crippen LogP contribution in [0.1, 0.15) is 12.8 Å². The minimum atomic E-state index is -0.621. The number of H-pyrrole nitrogens is 1. The summed E-state index contributed by atoms with van der Waals surface area (Å²) in [7, 11) is 0. The van der Waals surface area contributed by atoms with E-state index in [2.05, 4.69) is 25.2 Å². The van der Waals surface area contributed by atoms with E-state index in [9.17, 15) is 9.18 Å². The smallest absolute Gasteiger partial charge is 0.272 e. The average Bonchev–Trinajstić information content (AvgIpc) is 3.01. The van der Waals surface area contributed by atoms with E-state index in [0.29, 0.717) is 23.1 Å². The van der Waals surface area contributed by atoms with E-state index in [4.69, 9.17) is 11.6 Å². The monoisotopic (exact) mass is 349 g/mol. The second-order valence-corrected chi connectivity index (χ2v) is 6.60. The number of anilines is 1. The molecule has 126 valence electrons. The van der Waals surface area contributed by atoms with Gasteiger partial charge in [-0.1, -0.05) is 11.6 Å². The molecule has 24 heavy (non-hydrogen) atoms. The first-order valence-corrected chi connectivity index (χ1v) is 8.40. The number of aromatic nitrogens is 3. The molecule has 0 bridgehead atoms. The van der Waals surface area contributed by atoms with Crippen molar-refractivity contribution in [3.63, 3.8) is 0 Å². The molecule has 2 saturated heterocycles. The fraction of sp³-hybridized carbons (Fsp3) is 0.438. The predicted octanol–water partition coefficient (Wildman–Crippen LogP) is 1.81. The molecule has 2 atom stereocenters. The molecule has 0 spiro atoms. The maximum atomic E-state index is 13.4. The van der Waals surface area contributed by atoms with Crippen LogP contribution in [0.3, 0.4) is 0 Å². The first-order valence-electron chi connectivity index (χ1n) is 8.02. The predicted molar refractivity (Wildman–Crippen MR) is 89.8 cm³/mol. The molecule has 2 fully saturated rings. The Balaban J connectivity index is 1.77. The van der Waals surface area contributed by atoms with Crippen LogP contribution in [-0.2, 0) is 0 Å². The van der Waals surface area contributed by atoms with E-state index in [1.54, 1.807) is 6.07 Å². The van der Waals surface area contributed by atoms with Crippen LogP contribution in [0.2, 0.25) is 5.02 Å². The fourth-order valence-electron chi connectivity index (χ4n) is 3.66. The molecular weight excluding hydrogens is 333 g/mol. The van der Waals surface area contributed by atoms with E-state index >= 15 is 0 Å². The maximum Gasteiger partial charge on any atom is 0.272 e. The van der Waals surface area contributed by atoms with Crippen molar-refractivity contribution in [2.45, 2.75) is 18.9 Å². The van der Waals surface area contributed by atoms with E-state index in [1.165, 1.54) is 12.3 Å². The molecule has 2 aromatic rings. The van der Waals surface area contributed by atoms with Gasteiger partial charge in [-0.3, -0.25) is 4.79 Å². The van der Waals surface area contributed by atoms with Gasteiger partial charge in [0.1, 0.15) is 10.8 Å². The normalized spacial score (nSPS) is 23.3. The molecule has 0 aromatic carbocycles. The number of piperidine rings is 1. The van der Waals surface area contributed by atoms with Crippen LogP contribution in [0.5, 0.6) is 0 Å². The van der Waals surface area contributed by atoms with Crippen LogP contribution >= 0.6 is 11.6 Å². The minimum Gasteiger partial charge on any atom is -0.351 e. The zero-order chi connectivity index (χ0) is 16.7. The Kier molecular flexibility index (Phi) is 3.97. The highest BCUT2D eigenvalue weighted by molar-refractivity contribution is 6.32. The van der Waals surface area contributed by atoms with Gasteiger partial charge in [0, 0.05) is 37.0 Å². The number of hydrogen-bond donors (Lipinski definition) is 2. The number of nitrogens with one attached hydrogen (secondary N) is 2. The van der Waals surface area contributed by atoms with Gasteiger partial charge in [0.05, 0.1) is 0 Å². The molecule has 6 nitrogen and oxygen atoms in total. The van der Waals surface area contributed by atoms with Crippen molar-refractivity contribution in [2.75, 3.05) is 24.5 Å². The van der Waals surface area contributed by atoms with Gasteiger partial charge in [-0.25, -0.2) is 9.97 Å². The van der Waals surface area contributed by atoms with Crippen LogP contribution in [0, 0.1) is 11.9 Å². The third-order valence-corrected chi connectivity index (χ3v) is 5.19. The molecular formula is C16H17ClFN5O. The highest BCUT2D eigenvalue weighted by Gasteiger charge is 2.37. The highest BCUT2D eigenvalue weighted by atomic mass is 35.5. The second-order valence-electron chi connectivity index (χ2n) is 6.22. The maximum absolute atomic E-state index is 13.4. The van der Waals surface area contributed by atoms with Crippen molar-refractivity contribution < 1.29 is 4.39 Å². The summed E-state index contributed by atoms with van der Waals surface area (Å²) in [5.41, 5.74) is 0.0520. The SMILES string of the molecule is O=c1[nH]c(-c2ccnc(F)c2)nc(N2CCC3CCNCC32)c1Cl. The van der Waals surface area contributed by atoms with Crippen LogP contribution < -0.4 is 15.8 Å². The Bertz CT molecular complexity index is 826. The topological polar surface area (TPSA) is 73.9 Å². The van der Waals surface area contributed by atoms with Crippen molar-refractivity contribution in [3.8, 4) is 11.4 Å². The number of rotatable bonds is 2. The van der Waals surface area contributed by atoms with Crippen LogP contribution in [0.4, 0.5) is 10.2 Å². The Morgan fingerprint density at radius 1 is 1.38 bits per heavy atom. The van der Waals surface area contributed by atoms with E-state index in [0.717, 1.165) is 32.5 Å². The van der Waals surface area contributed by atoms with Crippen molar-refractivity contribution in [3.05, 3.63) is 39.7 Å². The third-order valence-electron chi connectivity index (χ3n) is 4.85. The lowest BCUT2D eigenvalue weighted by Crippen LogP contribution is -2.46. The van der Waals surface area contributed by atoms with Gasteiger partial charge in [0.25, 0.3) is 5.56 Å². The zero-order valence-electron chi connectivity index (χ0n) is 12.9. The van der Waals surface area contributed by atoms with E-state index in [-0.39, 0.29) is 11.1 Å². The van der Waals surface area contributed by atoms with E-state index in [1.807, 2.05) is 0 Å². The molecule has 2 unspecified atom stereocenters. The molecule has 0 aliphatic carbocycles. The van der Waals surface area contributed by atoms with Gasteiger partial charge in [-0.05, 0) is 31.4 Å². The summed E-state index contributed by atoms with van der Waals surface area (Å²) in [4.78, 5) is 25.0. The second kappa shape index (κ2) is 6.14. The molecule has 2 N–H and O–H groups in total. The van der Waals surface area contributed by atoms with E-state index < -0.39 is 11.5 Å². The molecule has 4 heterocycles. The quantitative estimate of drug-likeness (QED) is 0.809. The number of fused-ring (bicyclic) bond motifs is 1. The van der Waals surface area contributed by atoms with Crippen molar-refractivity contribution in [1.82, 2.24) is 20.3 Å². The molecule has 2 aliphatic heterocycles. The zero-order valence-corrected chi connectivity index (χ0v) is 13.7. The molecule has 0 saturated carbocycles. The summed E-state index contributed by atoms with van der Waals surface area (Å²) in [6, 6.07) is 3.13. The van der Waals surface area contributed by atoms with Crippen molar-refractivity contribution >= 4 is 17.4 Å². The Morgan fingerprint density at radius 3 is 3.08 bits per heavy atom. The lowest BCUT2D eigenvalue weighted by molar-refractivity contribution is 0.358. The van der Waals surface area contributed by atoms with Crippen LogP contribution in [0.25, 0.3) is 11.4 Å². The largest absolute Gasteiger partial charge is 0.351 e. The number of halogens is 2. The molecule has 8 heteroatoms. The summed E-state index contributed by atoms with van der Waals surface area (Å²) < 4.78 is 13.4. The molecule has 4 rings (SSSR count). The summed E-state index contributed by atoms with van der Waals surface area (Å²) in [5, 5.41) is 3.47. The van der Waals surface area contributed by atoms with Crippen LogP contribution in [0.15, 0.2) is 23.1 Å². The summed E-state index contributed by atoms with van der Waals surface area (Å²) in [6.07, 6.45) is 3.52. The lowest BCUT2D eigenvalue weighted by Gasteiger charge is -2.33. The van der Waals surface area contributed by atoms with Gasteiger partial charge >= 0.3 is 0 Å². The first kappa shape index (κ1) is 15.5. The molecule has 2 aliphatic rings. The van der Waals surface area contributed by atoms with Gasteiger partial charge in [-0.2, -0.15) is 4.39 Å². The summed E-state index contributed by atoms with van der Waals surface area (Å²) in [6.45, 7) is 2.69. The van der Waals surface area contributed by atoms with Crippen molar-refractivity contribution in [2.24, 2.45) is 5.92 Å². The van der Waals surface area contributed by atoms with Gasteiger partial charge in [-0.15, -0.1) is 0 Å². The number of pyridine rings is 1. The lowest BCUT2D eigenvalue weighted by atomic mass is 9.93. The average molecular weight is 350 g/mol. The molecule has 0 radical (unpaired) electrons. The summed E-state index contributed by atoms with van der Waals surface area (Å²) in [5.74, 6) is 0.742. The van der Waals surface area contributed by atoms with Crippen LogP contribution in [-0.4, -0.2) is 40.6 Å². The Labute approximate surface area is 143 Å². The Morgan fingerprint density at radius 2 is 2.25 bits per heavy atom. The first-order chi connectivity index (χ1) is 11.6.